The molecule has 2 aromatic rings. The molecule has 2 rings (SSSR count). The Hall–Kier alpha value is -2.13. The molecule has 116 valence electrons. The van der Waals surface area contributed by atoms with E-state index in [4.69, 9.17) is 0 Å². The first-order chi connectivity index (χ1) is 10.8. The lowest BCUT2D eigenvalue weighted by Crippen LogP contribution is -2.31. The molecule has 0 atom stereocenters. The van der Waals surface area contributed by atoms with Gasteiger partial charge in [0.05, 0.1) is 0 Å². The second-order valence-electron chi connectivity index (χ2n) is 5.32. The molecule has 0 heterocycles. The van der Waals surface area contributed by atoms with Gasteiger partial charge in [-0.1, -0.05) is 48.5 Å². The molecule has 0 unspecified atom stereocenters. The fourth-order valence-electron chi connectivity index (χ4n) is 2.51. The Kier molecular flexibility index (Phi) is 6.16. The second kappa shape index (κ2) is 8.35. The van der Waals surface area contributed by atoms with Crippen LogP contribution in [0.15, 0.2) is 54.6 Å². The Morgan fingerprint density at radius 1 is 1.05 bits per heavy atom. The van der Waals surface area contributed by atoms with Gasteiger partial charge in [0.2, 0.25) is 0 Å². The van der Waals surface area contributed by atoms with Gasteiger partial charge in [0.1, 0.15) is 0 Å². The molecule has 3 nitrogen and oxygen atoms in total. The predicted molar refractivity (Wildman–Crippen MR) is 90.9 cm³/mol. The van der Waals surface area contributed by atoms with E-state index in [-0.39, 0.29) is 5.91 Å². The van der Waals surface area contributed by atoms with Gasteiger partial charge >= 0.3 is 0 Å². The Labute approximate surface area is 133 Å². The van der Waals surface area contributed by atoms with Gasteiger partial charge in [-0.25, -0.2) is 0 Å². The Bertz CT molecular complexity index is 595. The zero-order valence-electron chi connectivity index (χ0n) is 13.4. The summed E-state index contributed by atoms with van der Waals surface area (Å²) in [5, 5.41) is 3.14. The van der Waals surface area contributed by atoms with Crippen LogP contribution in [-0.4, -0.2) is 30.9 Å². The van der Waals surface area contributed by atoms with Crippen molar-refractivity contribution in [2.45, 2.75) is 19.9 Å². The lowest BCUT2D eigenvalue weighted by atomic mass is 10.0. The van der Waals surface area contributed by atoms with Crippen molar-refractivity contribution in [2.75, 3.05) is 20.1 Å². The molecule has 0 aliphatic heterocycles. The molecule has 0 spiro atoms. The third-order valence-electron chi connectivity index (χ3n) is 3.78. The fraction of sp³-hybridized carbons (Fsp3) is 0.316. The minimum Gasteiger partial charge on any atom is -0.335 e. The number of amides is 1. The average molecular weight is 296 g/mol. The maximum atomic E-state index is 12.9. The Morgan fingerprint density at radius 2 is 1.73 bits per heavy atom. The number of benzene rings is 2. The van der Waals surface area contributed by atoms with E-state index >= 15 is 0 Å². The van der Waals surface area contributed by atoms with Crippen LogP contribution in [0.2, 0.25) is 0 Å². The molecular formula is C19H24N2O. The molecule has 22 heavy (non-hydrogen) atoms. The summed E-state index contributed by atoms with van der Waals surface area (Å²) in [7, 11) is 1.93. The summed E-state index contributed by atoms with van der Waals surface area (Å²) in [6.07, 6.45) is 0.862. The van der Waals surface area contributed by atoms with Gasteiger partial charge in [0.15, 0.2) is 0 Å². The van der Waals surface area contributed by atoms with Crippen LogP contribution in [0.5, 0.6) is 0 Å². The van der Waals surface area contributed by atoms with E-state index in [0.717, 1.165) is 29.7 Å². The highest BCUT2D eigenvalue weighted by atomic mass is 16.2. The van der Waals surface area contributed by atoms with Crippen molar-refractivity contribution < 1.29 is 4.79 Å². The van der Waals surface area contributed by atoms with Crippen molar-refractivity contribution >= 4 is 5.91 Å². The summed E-state index contributed by atoms with van der Waals surface area (Å²) in [6.45, 7) is 4.25. The number of likely N-dealkylation sites (N-methyl/N-ethyl adjacent to an activating group) is 1. The quantitative estimate of drug-likeness (QED) is 0.851. The topological polar surface area (TPSA) is 32.3 Å². The van der Waals surface area contributed by atoms with Crippen LogP contribution < -0.4 is 5.32 Å². The molecule has 1 N–H and O–H groups in total. The minimum atomic E-state index is 0.109. The molecule has 0 aromatic heterocycles. The lowest BCUT2D eigenvalue weighted by Gasteiger charge is -2.22. The van der Waals surface area contributed by atoms with Crippen LogP contribution >= 0.6 is 0 Å². The number of hydrogen-bond donors (Lipinski definition) is 1. The molecule has 0 fully saturated rings. The molecule has 0 saturated carbocycles. The number of hydrogen-bond acceptors (Lipinski definition) is 2. The van der Waals surface area contributed by atoms with Crippen LogP contribution in [0.3, 0.4) is 0 Å². The highest BCUT2D eigenvalue weighted by Crippen LogP contribution is 2.14. The summed E-state index contributed by atoms with van der Waals surface area (Å²) < 4.78 is 0. The highest BCUT2D eigenvalue weighted by Gasteiger charge is 2.17. The molecule has 2 aromatic carbocycles. The highest BCUT2D eigenvalue weighted by molar-refractivity contribution is 5.95. The largest absolute Gasteiger partial charge is 0.335 e. The van der Waals surface area contributed by atoms with Crippen LogP contribution in [0.1, 0.15) is 28.4 Å². The average Bonchev–Trinajstić information content (AvgIpc) is 2.58. The number of nitrogens with one attached hydrogen (secondary N) is 1. The van der Waals surface area contributed by atoms with E-state index in [9.17, 15) is 4.79 Å². The summed E-state index contributed by atoms with van der Waals surface area (Å²) in [6, 6.07) is 18.0. The standard InChI is InChI=1S/C19H24N2O/c1-3-21(15-16-9-5-4-6-10-16)19(22)18-12-8-7-11-17(18)13-14-20-2/h4-12,20H,3,13-15H2,1-2H3. The van der Waals surface area contributed by atoms with Crippen molar-refractivity contribution in [1.29, 1.82) is 0 Å². The zero-order chi connectivity index (χ0) is 15.8. The third kappa shape index (κ3) is 4.18. The molecule has 0 radical (unpaired) electrons. The molecule has 0 saturated heterocycles. The zero-order valence-corrected chi connectivity index (χ0v) is 13.4. The van der Waals surface area contributed by atoms with Crippen LogP contribution in [0.4, 0.5) is 0 Å². The fourth-order valence-corrected chi connectivity index (χ4v) is 2.51. The Morgan fingerprint density at radius 3 is 2.41 bits per heavy atom. The third-order valence-corrected chi connectivity index (χ3v) is 3.78. The maximum Gasteiger partial charge on any atom is 0.254 e. The van der Waals surface area contributed by atoms with Gasteiger partial charge in [-0.05, 0) is 44.1 Å². The van der Waals surface area contributed by atoms with E-state index in [1.165, 1.54) is 0 Å². The van der Waals surface area contributed by atoms with Crippen molar-refractivity contribution in [2.24, 2.45) is 0 Å². The summed E-state index contributed by atoms with van der Waals surface area (Å²) in [5.41, 5.74) is 3.08. The van der Waals surface area contributed by atoms with Gasteiger partial charge in [0.25, 0.3) is 5.91 Å². The SMILES string of the molecule is CCN(Cc1ccccc1)C(=O)c1ccccc1CCNC. The van der Waals surface area contributed by atoms with Crippen molar-refractivity contribution in [3.8, 4) is 0 Å². The Balaban J connectivity index is 2.18. The van der Waals surface area contributed by atoms with E-state index in [2.05, 4.69) is 17.4 Å². The van der Waals surface area contributed by atoms with E-state index in [1.807, 2.05) is 61.3 Å². The van der Waals surface area contributed by atoms with Crippen molar-refractivity contribution in [3.05, 3.63) is 71.3 Å². The molecule has 0 aliphatic rings. The van der Waals surface area contributed by atoms with Crippen LogP contribution in [0, 0.1) is 0 Å². The minimum absolute atomic E-state index is 0.109. The van der Waals surface area contributed by atoms with Gasteiger partial charge in [0, 0.05) is 18.7 Å². The van der Waals surface area contributed by atoms with Crippen molar-refractivity contribution in [1.82, 2.24) is 10.2 Å². The second-order valence-corrected chi connectivity index (χ2v) is 5.32. The molecule has 0 bridgehead atoms. The summed E-state index contributed by atoms with van der Waals surface area (Å²) in [5.74, 6) is 0.109. The van der Waals surface area contributed by atoms with Gasteiger partial charge < -0.3 is 10.2 Å². The van der Waals surface area contributed by atoms with E-state index < -0.39 is 0 Å². The summed E-state index contributed by atoms with van der Waals surface area (Å²) in [4.78, 5) is 14.8. The monoisotopic (exact) mass is 296 g/mol. The smallest absolute Gasteiger partial charge is 0.254 e. The van der Waals surface area contributed by atoms with Crippen LogP contribution in [-0.2, 0) is 13.0 Å². The number of carbonyl (C=O) groups excluding carboxylic acids is 1. The van der Waals surface area contributed by atoms with E-state index in [0.29, 0.717) is 13.1 Å². The number of rotatable bonds is 7. The summed E-state index contributed by atoms with van der Waals surface area (Å²) >= 11 is 0. The molecule has 0 aliphatic carbocycles. The number of carbonyl (C=O) groups is 1. The molecule has 3 heteroatoms. The number of nitrogens with zero attached hydrogens (tertiary/aromatic N) is 1. The van der Waals surface area contributed by atoms with Crippen LogP contribution in [0.25, 0.3) is 0 Å². The van der Waals surface area contributed by atoms with Crippen molar-refractivity contribution in [3.63, 3.8) is 0 Å². The predicted octanol–water partition coefficient (Wildman–Crippen LogP) is 3.11. The normalized spacial score (nSPS) is 10.5. The lowest BCUT2D eigenvalue weighted by molar-refractivity contribution is 0.0751. The van der Waals surface area contributed by atoms with Gasteiger partial charge in [-0.15, -0.1) is 0 Å². The first-order valence-corrected chi connectivity index (χ1v) is 7.82. The first kappa shape index (κ1) is 16.2. The first-order valence-electron chi connectivity index (χ1n) is 7.82. The molecule has 1 amide bonds. The molecular weight excluding hydrogens is 272 g/mol. The van der Waals surface area contributed by atoms with Gasteiger partial charge in [-0.2, -0.15) is 0 Å². The maximum absolute atomic E-state index is 12.9. The van der Waals surface area contributed by atoms with E-state index in [1.54, 1.807) is 0 Å². The van der Waals surface area contributed by atoms with Gasteiger partial charge in [-0.3, -0.25) is 4.79 Å².